The first-order valence-electron chi connectivity index (χ1n) is 7.40. The molecule has 0 bridgehead atoms. The Morgan fingerprint density at radius 2 is 2.30 bits per heavy atom. The van der Waals surface area contributed by atoms with Crippen LogP contribution >= 0.6 is 11.3 Å². The molecular weight excluding hydrogens is 266 g/mol. The summed E-state index contributed by atoms with van der Waals surface area (Å²) >= 11 is 1.75. The van der Waals surface area contributed by atoms with E-state index in [-0.39, 0.29) is 6.04 Å². The van der Waals surface area contributed by atoms with Crippen LogP contribution in [0.5, 0.6) is 5.75 Å². The lowest BCUT2D eigenvalue weighted by Gasteiger charge is -2.25. The number of rotatable bonds is 5. The minimum atomic E-state index is 0.245. The van der Waals surface area contributed by atoms with E-state index < -0.39 is 0 Å². The zero-order valence-corrected chi connectivity index (χ0v) is 12.7. The molecule has 1 unspecified atom stereocenters. The molecule has 2 aromatic rings. The van der Waals surface area contributed by atoms with Crippen LogP contribution in [0.4, 0.5) is 0 Å². The fourth-order valence-electron chi connectivity index (χ4n) is 2.78. The van der Waals surface area contributed by atoms with Crippen LogP contribution in [-0.2, 0) is 6.42 Å². The average Bonchev–Trinajstić information content (AvgIpc) is 3.02. The number of hydrogen-bond acceptors (Lipinski definition) is 3. The van der Waals surface area contributed by atoms with Crippen molar-refractivity contribution in [2.24, 2.45) is 0 Å². The molecule has 1 aromatic heterocycles. The topological polar surface area (TPSA) is 21.3 Å². The van der Waals surface area contributed by atoms with Gasteiger partial charge in [-0.3, -0.25) is 0 Å². The lowest BCUT2D eigenvalue weighted by atomic mass is 9.95. The van der Waals surface area contributed by atoms with Gasteiger partial charge in [-0.1, -0.05) is 25.1 Å². The number of nitrogens with one attached hydrogen (secondary N) is 1. The molecule has 0 fully saturated rings. The summed E-state index contributed by atoms with van der Waals surface area (Å²) in [5.41, 5.74) is 3.98. The normalized spacial score (nSPS) is 15.4. The molecule has 2 nitrogen and oxygen atoms in total. The number of fused-ring (bicyclic) bond motifs is 1. The van der Waals surface area contributed by atoms with E-state index in [9.17, 15) is 0 Å². The smallest absolute Gasteiger partial charge is 0.127 e. The van der Waals surface area contributed by atoms with E-state index in [1.807, 2.05) is 0 Å². The molecule has 20 heavy (non-hydrogen) atoms. The highest BCUT2D eigenvalue weighted by Gasteiger charge is 2.22. The van der Waals surface area contributed by atoms with Gasteiger partial charge in [-0.2, -0.15) is 11.3 Å². The Morgan fingerprint density at radius 3 is 3.10 bits per heavy atom. The molecule has 3 rings (SSSR count). The highest BCUT2D eigenvalue weighted by Crippen LogP contribution is 2.36. The summed E-state index contributed by atoms with van der Waals surface area (Å²) in [7, 11) is 0. The van der Waals surface area contributed by atoms with E-state index >= 15 is 0 Å². The van der Waals surface area contributed by atoms with E-state index in [0.717, 1.165) is 38.2 Å². The van der Waals surface area contributed by atoms with Gasteiger partial charge < -0.3 is 10.1 Å². The minimum Gasteiger partial charge on any atom is -0.493 e. The van der Waals surface area contributed by atoms with E-state index in [4.69, 9.17) is 4.74 Å². The van der Waals surface area contributed by atoms with Crippen LogP contribution < -0.4 is 10.1 Å². The summed E-state index contributed by atoms with van der Waals surface area (Å²) in [6, 6.07) is 9.02. The predicted octanol–water partition coefficient (Wildman–Crippen LogP) is 4.16. The molecule has 106 valence electrons. The van der Waals surface area contributed by atoms with E-state index in [0.29, 0.717) is 0 Å². The highest BCUT2D eigenvalue weighted by molar-refractivity contribution is 7.08. The van der Waals surface area contributed by atoms with Crippen molar-refractivity contribution in [3.63, 3.8) is 0 Å². The first kappa shape index (κ1) is 13.7. The molecule has 2 heterocycles. The third kappa shape index (κ3) is 2.74. The van der Waals surface area contributed by atoms with Crippen LogP contribution in [0.1, 0.15) is 42.5 Å². The Hall–Kier alpha value is -1.32. The zero-order chi connectivity index (χ0) is 13.8. The second-order valence-electron chi connectivity index (χ2n) is 5.23. The van der Waals surface area contributed by atoms with Crippen LogP contribution in [0.3, 0.4) is 0 Å². The van der Waals surface area contributed by atoms with Crippen molar-refractivity contribution in [2.45, 2.75) is 32.2 Å². The summed E-state index contributed by atoms with van der Waals surface area (Å²) in [4.78, 5) is 0. The van der Waals surface area contributed by atoms with Gasteiger partial charge in [-0.25, -0.2) is 0 Å². The maximum absolute atomic E-state index is 5.98. The fraction of sp³-hybridized carbons (Fsp3) is 0.412. The summed E-state index contributed by atoms with van der Waals surface area (Å²) in [6.45, 7) is 4.06. The van der Waals surface area contributed by atoms with Crippen molar-refractivity contribution in [1.29, 1.82) is 0 Å². The molecule has 0 aliphatic carbocycles. The Balaban J connectivity index is 1.98. The molecular formula is C17H21NOS. The van der Waals surface area contributed by atoms with Crippen molar-refractivity contribution in [3.8, 4) is 5.75 Å². The molecule has 1 aliphatic rings. The quantitative estimate of drug-likeness (QED) is 0.891. The lowest BCUT2D eigenvalue weighted by molar-refractivity contribution is 0.283. The van der Waals surface area contributed by atoms with E-state index in [2.05, 4.69) is 47.3 Å². The van der Waals surface area contributed by atoms with Gasteiger partial charge in [0.2, 0.25) is 0 Å². The van der Waals surface area contributed by atoms with E-state index in [1.165, 1.54) is 16.7 Å². The van der Waals surface area contributed by atoms with Gasteiger partial charge in [-0.05, 0) is 53.8 Å². The molecule has 0 saturated heterocycles. The van der Waals surface area contributed by atoms with Crippen LogP contribution in [-0.4, -0.2) is 13.2 Å². The molecule has 1 N–H and O–H groups in total. The Bertz CT molecular complexity index is 550. The molecule has 1 aromatic carbocycles. The minimum absolute atomic E-state index is 0.245. The Morgan fingerprint density at radius 1 is 1.35 bits per heavy atom. The molecule has 0 spiro atoms. The largest absolute Gasteiger partial charge is 0.493 e. The van der Waals surface area contributed by atoms with Crippen LogP contribution in [0, 0.1) is 0 Å². The van der Waals surface area contributed by atoms with Crippen molar-refractivity contribution in [3.05, 3.63) is 51.7 Å². The Labute approximate surface area is 124 Å². The van der Waals surface area contributed by atoms with Crippen molar-refractivity contribution in [2.75, 3.05) is 13.2 Å². The second kappa shape index (κ2) is 6.42. The highest BCUT2D eigenvalue weighted by atomic mass is 32.1. The zero-order valence-electron chi connectivity index (χ0n) is 11.9. The van der Waals surface area contributed by atoms with Crippen molar-refractivity contribution >= 4 is 11.3 Å². The number of hydrogen-bond donors (Lipinski definition) is 1. The first-order valence-corrected chi connectivity index (χ1v) is 8.34. The van der Waals surface area contributed by atoms with Gasteiger partial charge in [0.1, 0.15) is 5.75 Å². The Kier molecular flexibility index (Phi) is 4.38. The third-order valence-electron chi connectivity index (χ3n) is 3.75. The number of benzene rings is 1. The number of para-hydroxylation sites is 1. The summed E-state index contributed by atoms with van der Waals surface area (Å²) < 4.78 is 5.98. The molecule has 1 atom stereocenters. The fourth-order valence-corrected chi connectivity index (χ4v) is 3.46. The summed E-state index contributed by atoms with van der Waals surface area (Å²) in [5.74, 6) is 1.11. The lowest BCUT2D eigenvalue weighted by Crippen LogP contribution is -2.24. The van der Waals surface area contributed by atoms with Crippen molar-refractivity contribution < 1.29 is 4.74 Å². The average molecular weight is 287 g/mol. The molecule has 0 radical (unpaired) electrons. The van der Waals surface area contributed by atoms with Gasteiger partial charge in [0.05, 0.1) is 12.6 Å². The third-order valence-corrected chi connectivity index (χ3v) is 4.45. The maximum Gasteiger partial charge on any atom is 0.127 e. The maximum atomic E-state index is 5.98. The van der Waals surface area contributed by atoms with Gasteiger partial charge in [0.15, 0.2) is 0 Å². The standard InChI is InChI=1S/C17H21NOS/c1-2-9-18-16(14-8-11-20-12-14)15-7-3-5-13-6-4-10-19-17(13)15/h3,5,7-8,11-12,16,18H,2,4,6,9-10H2,1H3. The number of ether oxygens (including phenoxy) is 1. The molecule has 1 aliphatic heterocycles. The van der Waals surface area contributed by atoms with Crippen LogP contribution in [0.2, 0.25) is 0 Å². The second-order valence-corrected chi connectivity index (χ2v) is 6.01. The van der Waals surface area contributed by atoms with Gasteiger partial charge in [-0.15, -0.1) is 0 Å². The van der Waals surface area contributed by atoms with Crippen molar-refractivity contribution in [1.82, 2.24) is 5.32 Å². The summed E-state index contributed by atoms with van der Waals surface area (Å²) in [6.07, 6.45) is 3.39. The number of thiophene rings is 1. The monoisotopic (exact) mass is 287 g/mol. The molecule has 3 heteroatoms. The van der Waals surface area contributed by atoms with Crippen LogP contribution in [0.25, 0.3) is 0 Å². The predicted molar refractivity (Wildman–Crippen MR) is 84.7 cm³/mol. The van der Waals surface area contributed by atoms with Gasteiger partial charge >= 0.3 is 0 Å². The molecule has 0 saturated carbocycles. The van der Waals surface area contributed by atoms with E-state index in [1.54, 1.807) is 11.3 Å². The summed E-state index contributed by atoms with van der Waals surface area (Å²) in [5, 5.41) is 8.04. The SMILES string of the molecule is CCCNC(c1ccsc1)c1cccc2c1OCCC2. The molecule has 0 amide bonds. The first-order chi connectivity index (χ1) is 9.90. The van der Waals surface area contributed by atoms with Gasteiger partial charge in [0.25, 0.3) is 0 Å². The van der Waals surface area contributed by atoms with Crippen LogP contribution in [0.15, 0.2) is 35.0 Å². The van der Waals surface area contributed by atoms with Gasteiger partial charge in [0, 0.05) is 5.56 Å². The number of aryl methyl sites for hydroxylation is 1.